The molecule has 1 rings (SSSR count). The summed E-state index contributed by atoms with van der Waals surface area (Å²) in [6, 6.07) is 0.432. The minimum absolute atomic E-state index is 0.432. The second-order valence-electron chi connectivity index (χ2n) is 5.20. The SMILES string of the molecule is C=C/C=C(/CC1CCC(N)C1)C(C)=C(C)C. The number of allylic oxidation sites excluding steroid dienone is 5. The van der Waals surface area contributed by atoms with Gasteiger partial charge in [-0.05, 0) is 63.5 Å². The van der Waals surface area contributed by atoms with Crippen molar-refractivity contribution in [2.75, 3.05) is 0 Å². The summed E-state index contributed by atoms with van der Waals surface area (Å²) in [5.41, 5.74) is 10.2. The molecule has 0 aliphatic heterocycles. The van der Waals surface area contributed by atoms with Crippen molar-refractivity contribution in [3.63, 3.8) is 0 Å². The first-order valence-electron chi connectivity index (χ1n) is 6.26. The Labute approximate surface area is 100 Å². The molecular weight excluding hydrogens is 194 g/mol. The zero-order valence-corrected chi connectivity index (χ0v) is 10.9. The fourth-order valence-corrected chi connectivity index (χ4v) is 2.42. The molecule has 0 aromatic carbocycles. The number of hydrogen-bond acceptors (Lipinski definition) is 1. The molecule has 0 aromatic heterocycles. The Morgan fingerprint density at radius 3 is 2.44 bits per heavy atom. The van der Waals surface area contributed by atoms with E-state index in [9.17, 15) is 0 Å². The fraction of sp³-hybridized carbons (Fsp3) is 0.600. The number of hydrogen-bond donors (Lipinski definition) is 1. The highest BCUT2D eigenvalue weighted by Gasteiger charge is 2.22. The predicted molar refractivity (Wildman–Crippen MR) is 72.3 cm³/mol. The van der Waals surface area contributed by atoms with E-state index in [1.165, 1.54) is 36.0 Å². The van der Waals surface area contributed by atoms with Gasteiger partial charge in [0.1, 0.15) is 0 Å². The number of nitrogens with two attached hydrogens (primary N) is 1. The summed E-state index contributed by atoms with van der Waals surface area (Å²) in [6.07, 6.45) is 8.88. The Kier molecular flexibility index (Phi) is 5.01. The molecular formula is C15H25N. The van der Waals surface area contributed by atoms with Crippen LogP contribution in [-0.4, -0.2) is 6.04 Å². The third-order valence-corrected chi connectivity index (χ3v) is 3.64. The molecule has 1 fully saturated rings. The van der Waals surface area contributed by atoms with E-state index in [1.54, 1.807) is 0 Å². The summed E-state index contributed by atoms with van der Waals surface area (Å²) in [5, 5.41) is 0. The molecule has 1 aliphatic rings. The Balaban J connectivity index is 2.70. The lowest BCUT2D eigenvalue weighted by atomic mass is 9.91. The Bertz CT molecular complexity index is 305. The topological polar surface area (TPSA) is 26.0 Å². The molecule has 1 nitrogen and oxygen atoms in total. The normalized spacial score (nSPS) is 25.6. The van der Waals surface area contributed by atoms with Crippen molar-refractivity contribution in [3.05, 3.63) is 35.5 Å². The molecule has 0 radical (unpaired) electrons. The van der Waals surface area contributed by atoms with Crippen molar-refractivity contribution in [1.29, 1.82) is 0 Å². The third-order valence-electron chi connectivity index (χ3n) is 3.64. The average Bonchev–Trinajstić information content (AvgIpc) is 2.62. The van der Waals surface area contributed by atoms with Gasteiger partial charge in [0, 0.05) is 6.04 Å². The molecule has 90 valence electrons. The molecule has 0 aromatic rings. The van der Waals surface area contributed by atoms with Gasteiger partial charge >= 0.3 is 0 Å². The standard InChI is InChI=1S/C15H25N/c1-5-6-14(12(4)11(2)3)9-13-7-8-15(16)10-13/h5-6,13,15H,1,7-10,16H2,2-4H3/b14-6-. The second-order valence-corrected chi connectivity index (χ2v) is 5.20. The van der Waals surface area contributed by atoms with E-state index in [2.05, 4.69) is 33.4 Å². The summed E-state index contributed by atoms with van der Waals surface area (Å²) in [5.74, 6) is 0.774. The van der Waals surface area contributed by atoms with Crippen molar-refractivity contribution in [3.8, 4) is 0 Å². The van der Waals surface area contributed by atoms with Gasteiger partial charge in [-0.15, -0.1) is 0 Å². The lowest BCUT2D eigenvalue weighted by molar-refractivity contribution is 0.534. The van der Waals surface area contributed by atoms with Crippen LogP contribution in [0.5, 0.6) is 0 Å². The van der Waals surface area contributed by atoms with Gasteiger partial charge in [-0.25, -0.2) is 0 Å². The van der Waals surface area contributed by atoms with Gasteiger partial charge in [-0.2, -0.15) is 0 Å². The minimum atomic E-state index is 0.432. The van der Waals surface area contributed by atoms with Crippen LogP contribution >= 0.6 is 0 Å². The van der Waals surface area contributed by atoms with Gasteiger partial charge in [-0.1, -0.05) is 24.3 Å². The third kappa shape index (κ3) is 3.64. The molecule has 2 unspecified atom stereocenters. The summed E-state index contributed by atoms with van der Waals surface area (Å²) < 4.78 is 0. The molecule has 0 saturated heterocycles. The quantitative estimate of drug-likeness (QED) is 0.711. The average molecular weight is 219 g/mol. The maximum atomic E-state index is 5.96. The Hall–Kier alpha value is -0.820. The minimum Gasteiger partial charge on any atom is -0.328 e. The molecule has 2 N–H and O–H groups in total. The maximum Gasteiger partial charge on any atom is 0.00416 e. The summed E-state index contributed by atoms with van der Waals surface area (Å²) in [6.45, 7) is 10.4. The van der Waals surface area contributed by atoms with Gasteiger partial charge in [0.2, 0.25) is 0 Å². The highest BCUT2D eigenvalue weighted by Crippen LogP contribution is 2.32. The zero-order valence-electron chi connectivity index (χ0n) is 10.9. The monoisotopic (exact) mass is 219 g/mol. The molecule has 0 spiro atoms. The molecule has 1 heteroatoms. The Morgan fingerprint density at radius 1 is 1.31 bits per heavy atom. The highest BCUT2D eigenvalue weighted by molar-refractivity contribution is 5.34. The molecule has 0 amide bonds. The van der Waals surface area contributed by atoms with Crippen LogP contribution in [0.4, 0.5) is 0 Å². The van der Waals surface area contributed by atoms with Crippen LogP contribution in [-0.2, 0) is 0 Å². The van der Waals surface area contributed by atoms with Crippen molar-refractivity contribution >= 4 is 0 Å². The van der Waals surface area contributed by atoms with E-state index in [-0.39, 0.29) is 0 Å². The van der Waals surface area contributed by atoms with E-state index in [0.29, 0.717) is 6.04 Å². The second kappa shape index (κ2) is 6.05. The molecule has 2 atom stereocenters. The number of rotatable bonds is 4. The molecule has 0 bridgehead atoms. The molecule has 1 saturated carbocycles. The first kappa shape index (κ1) is 13.2. The highest BCUT2D eigenvalue weighted by atomic mass is 14.6. The van der Waals surface area contributed by atoms with Crippen LogP contribution in [0, 0.1) is 5.92 Å². The summed E-state index contributed by atoms with van der Waals surface area (Å²) in [7, 11) is 0. The molecule has 1 aliphatic carbocycles. The van der Waals surface area contributed by atoms with Crippen LogP contribution < -0.4 is 5.73 Å². The van der Waals surface area contributed by atoms with Gasteiger partial charge in [0.05, 0.1) is 0 Å². The van der Waals surface area contributed by atoms with Crippen molar-refractivity contribution in [2.24, 2.45) is 11.7 Å². The zero-order chi connectivity index (χ0) is 12.1. The first-order valence-corrected chi connectivity index (χ1v) is 6.26. The first-order chi connectivity index (χ1) is 7.54. The summed E-state index contributed by atoms with van der Waals surface area (Å²) >= 11 is 0. The lowest BCUT2D eigenvalue weighted by Crippen LogP contribution is -2.14. The smallest absolute Gasteiger partial charge is 0.00416 e. The predicted octanol–water partition coefficient (Wildman–Crippen LogP) is 3.97. The van der Waals surface area contributed by atoms with Crippen molar-refractivity contribution < 1.29 is 0 Å². The van der Waals surface area contributed by atoms with Crippen LogP contribution in [0.1, 0.15) is 46.5 Å². The van der Waals surface area contributed by atoms with E-state index >= 15 is 0 Å². The van der Waals surface area contributed by atoms with Crippen LogP contribution in [0.2, 0.25) is 0 Å². The van der Waals surface area contributed by atoms with Crippen molar-refractivity contribution in [1.82, 2.24) is 0 Å². The van der Waals surface area contributed by atoms with Crippen LogP contribution in [0.15, 0.2) is 35.5 Å². The van der Waals surface area contributed by atoms with Crippen molar-refractivity contribution in [2.45, 2.75) is 52.5 Å². The van der Waals surface area contributed by atoms with Gasteiger partial charge in [0.15, 0.2) is 0 Å². The largest absolute Gasteiger partial charge is 0.328 e. The fourth-order valence-electron chi connectivity index (χ4n) is 2.42. The van der Waals surface area contributed by atoms with E-state index in [0.717, 1.165) is 12.3 Å². The van der Waals surface area contributed by atoms with Gasteiger partial charge in [-0.3, -0.25) is 0 Å². The Morgan fingerprint density at radius 2 is 2.00 bits per heavy atom. The molecule has 16 heavy (non-hydrogen) atoms. The van der Waals surface area contributed by atoms with E-state index < -0.39 is 0 Å². The maximum absolute atomic E-state index is 5.96. The van der Waals surface area contributed by atoms with Crippen LogP contribution in [0.3, 0.4) is 0 Å². The lowest BCUT2D eigenvalue weighted by Gasteiger charge is -2.15. The van der Waals surface area contributed by atoms with E-state index in [1.807, 2.05) is 6.08 Å². The molecule has 0 heterocycles. The summed E-state index contributed by atoms with van der Waals surface area (Å²) in [4.78, 5) is 0. The van der Waals surface area contributed by atoms with Gasteiger partial charge < -0.3 is 5.73 Å². The van der Waals surface area contributed by atoms with Crippen LogP contribution in [0.25, 0.3) is 0 Å². The van der Waals surface area contributed by atoms with E-state index in [4.69, 9.17) is 5.73 Å². The van der Waals surface area contributed by atoms with Gasteiger partial charge in [0.25, 0.3) is 0 Å².